The minimum absolute atomic E-state index is 0.266. The van der Waals surface area contributed by atoms with Gasteiger partial charge in [-0.25, -0.2) is 4.39 Å². The molecule has 0 fully saturated rings. The van der Waals surface area contributed by atoms with Gasteiger partial charge in [0, 0.05) is 19.3 Å². The Balaban J connectivity index is 2.37. The fourth-order valence-corrected chi connectivity index (χ4v) is 1.09. The number of halogens is 1. The Morgan fingerprint density at radius 3 is 3.00 bits per heavy atom. The second-order valence-corrected chi connectivity index (χ2v) is 3.00. The summed E-state index contributed by atoms with van der Waals surface area (Å²) in [7, 11) is 1.52. The second-order valence-electron chi connectivity index (χ2n) is 3.00. The standard InChI is InChI=1S/C10H14FNO2/c1-14-7-10(13)6-12-9-4-2-3-8(11)5-9/h2-5,10,12-13H,6-7H2,1H3. The number of hydrogen-bond acceptors (Lipinski definition) is 3. The third kappa shape index (κ3) is 3.72. The molecule has 0 aliphatic heterocycles. The zero-order chi connectivity index (χ0) is 10.4. The summed E-state index contributed by atoms with van der Waals surface area (Å²) in [5.41, 5.74) is 0.653. The second kappa shape index (κ2) is 5.57. The first-order chi connectivity index (χ1) is 6.72. The van der Waals surface area contributed by atoms with E-state index < -0.39 is 6.10 Å². The molecule has 0 bridgehead atoms. The van der Waals surface area contributed by atoms with E-state index in [0.29, 0.717) is 12.2 Å². The summed E-state index contributed by atoms with van der Waals surface area (Å²) >= 11 is 0. The highest BCUT2D eigenvalue weighted by Gasteiger charge is 2.02. The number of aliphatic hydroxyl groups is 1. The maximum Gasteiger partial charge on any atom is 0.125 e. The van der Waals surface area contributed by atoms with Crippen LogP contribution in [-0.2, 0) is 4.74 Å². The molecular weight excluding hydrogens is 185 g/mol. The summed E-state index contributed by atoms with van der Waals surface area (Å²) in [6, 6.07) is 6.10. The smallest absolute Gasteiger partial charge is 0.125 e. The summed E-state index contributed by atoms with van der Waals surface area (Å²) in [5, 5.41) is 12.2. The Labute approximate surface area is 82.5 Å². The summed E-state index contributed by atoms with van der Waals surface area (Å²) in [6.07, 6.45) is -0.580. The van der Waals surface area contributed by atoms with Crippen LogP contribution in [0, 0.1) is 5.82 Å². The number of hydrogen-bond donors (Lipinski definition) is 2. The number of aliphatic hydroxyl groups excluding tert-OH is 1. The molecule has 0 aliphatic carbocycles. The molecule has 0 saturated carbocycles. The molecule has 0 aromatic heterocycles. The molecule has 0 amide bonds. The molecule has 1 aromatic rings. The van der Waals surface area contributed by atoms with Crippen LogP contribution >= 0.6 is 0 Å². The fourth-order valence-electron chi connectivity index (χ4n) is 1.09. The van der Waals surface area contributed by atoms with E-state index in [-0.39, 0.29) is 12.4 Å². The zero-order valence-electron chi connectivity index (χ0n) is 8.03. The van der Waals surface area contributed by atoms with Crippen molar-refractivity contribution in [3.8, 4) is 0 Å². The van der Waals surface area contributed by atoms with Gasteiger partial charge in [-0.3, -0.25) is 0 Å². The summed E-state index contributed by atoms with van der Waals surface area (Å²) < 4.78 is 17.5. The predicted molar refractivity (Wildman–Crippen MR) is 52.8 cm³/mol. The highest BCUT2D eigenvalue weighted by Crippen LogP contribution is 2.08. The lowest BCUT2D eigenvalue weighted by Gasteiger charge is -2.11. The molecule has 1 unspecified atom stereocenters. The molecule has 0 saturated heterocycles. The third-order valence-corrected chi connectivity index (χ3v) is 1.73. The van der Waals surface area contributed by atoms with Gasteiger partial charge < -0.3 is 15.2 Å². The summed E-state index contributed by atoms with van der Waals surface area (Å²) in [6.45, 7) is 0.611. The van der Waals surface area contributed by atoms with Crippen molar-refractivity contribution in [1.82, 2.24) is 0 Å². The van der Waals surface area contributed by atoms with E-state index in [1.807, 2.05) is 0 Å². The van der Waals surface area contributed by atoms with E-state index in [0.717, 1.165) is 0 Å². The van der Waals surface area contributed by atoms with Gasteiger partial charge in [0.2, 0.25) is 0 Å². The van der Waals surface area contributed by atoms with Gasteiger partial charge in [0.1, 0.15) is 5.82 Å². The van der Waals surface area contributed by atoms with E-state index in [1.54, 1.807) is 12.1 Å². The lowest BCUT2D eigenvalue weighted by Crippen LogP contribution is -2.24. The van der Waals surface area contributed by atoms with Gasteiger partial charge in [-0.2, -0.15) is 0 Å². The van der Waals surface area contributed by atoms with Crippen molar-refractivity contribution in [1.29, 1.82) is 0 Å². The molecule has 3 nitrogen and oxygen atoms in total. The van der Waals surface area contributed by atoms with Crippen molar-refractivity contribution in [3.05, 3.63) is 30.1 Å². The normalized spacial score (nSPS) is 12.5. The van der Waals surface area contributed by atoms with Gasteiger partial charge in [-0.15, -0.1) is 0 Å². The number of ether oxygens (including phenoxy) is 1. The highest BCUT2D eigenvalue weighted by molar-refractivity contribution is 5.43. The Hall–Kier alpha value is -1.13. The van der Waals surface area contributed by atoms with Crippen molar-refractivity contribution >= 4 is 5.69 Å². The molecule has 2 N–H and O–H groups in total. The van der Waals surface area contributed by atoms with E-state index in [2.05, 4.69) is 5.32 Å². The van der Waals surface area contributed by atoms with Gasteiger partial charge in [-0.05, 0) is 18.2 Å². The molecule has 14 heavy (non-hydrogen) atoms. The molecule has 0 radical (unpaired) electrons. The number of nitrogens with one attached hydrogen (secondary N) is 1. The van der Waals surface area contributed by atoms with Crippen LogP contribution in [0.3, 0.4) is 0 Å². The van der Waals surface area contributed by atoms with Crippen molar-refractivity contribution in [2.75, 3.05) is 25.6 Å². The molecule has 1 aromatic carbocycles. The van der Waals surface area contributed by atoms with Crippen LogP contribution in [0.5, 0.6) is 0 Å². The first-order valence-electron chi connectivity index (χ1n) is 4.39. The van der Waals surface area contributed by atoms with Gasteiger partial charge in [0.25, 0.3) is 0 Å². The van der Waals surface area contributed by atoms with Gasteiger partial charge in [-0.1, -0.05) is 6.07 Å². The molecule has 0 aliphatic rings. The van der Waals surface area contributed by atoms with Crippen molar-refractivity contribution < 1.29 is 14.2 Å². The highest BCUT2D eigenvalue weighted by atomic mass is 19.1. The van der Waals surface area contributed by atoms with Crippen LogP contribution in [0.25, 0.3) is 0 Å². The fraction of sp³-hybridized carbons (Fsp3) is 0.400. The number of rotatable bonds is 5. The minimum atomic E-state index is -0.580. The maximum atomic E-state index is 12.7. The largest absolute Gasteiger partial charge is 0.389 e. The SMILES string of the molecule is COCC(O)CNc1cccc(F)c1. The Morgan fingerprint density at radius 1 is 1.57 bits per heavy atom. The Bertz CT molecular complexity index is 281. The maximum absolute atomic E-state index is 12.7. The topological polar surface area (TPSA) is 41.5 Å². The number of benzene rings is 1. The van der Waals surface area contributed by atoms with Crippen molar-refractivity contribution in [3.63, 3.8) is 0 Å². The summed E-state index contributed by atoms with van der Waals surface area (Å²) in [4.78, 5) is 0. The molecule has 0 heterocycles. The molecule has 4 heteroatoms. The monoisotopic (exact) mass is 199 g/mol. The molecule has 78 valence electrons. The lowest BCUT2D eigenvalue weighted by molar-refractivity contribution is 0.0727. The average Bonchev–Trinajstić information content (AvgIpc) is 2.15. The van der Waals surface area contributed by atoms with E-state index in [9.17, 15) is 9.50 Å². The Kier molecular flexibility index (Phi) is 4.35. The average molecular weight is 199 g/mol. The van der Waals surface area contributed by atoms with Gasteiger partial charge in [0.05, 0.1) is 12.7 Å². The first-order valence-corrected chi connectivity index (χ1v) is 4.39. The quantitative estimate of drug-likeness (QED) is 0.749. The van der Waals surface area contributed by atoms with Crippen LogP contribution in [0.2, 0.25) is 0 Å². The van der Waals surface area contributed by atoms with Crippen LogP contribution in [0.1, 0.15) is 0 Å². The predicted octanol–water partition coefficient (Wildman–Crippen LogP) is 1.24. The Morgan fingerprint density at radius 2 is 2.36 bits per heavy atom. The lowest BCUT2D eigenvalue weighted by atomic mass is 10.3. The first kappa shape index (κ1) is 10.9. The number of anilines is 1. The number of methoxy groups -OCH3 is 1. The van der Waals surface area contributed by atoms with E-state index in [1.165, 1.54) is 19.2 Å². The van der Waals surface area contributed by atoms with Crippen molar-refractivity contribution in [2.24, 2.45) is 0 Å². The van der Waals surface area contributed by atoms with Crippen LogP contribution in [0.15, 0.2) is 24.3 Å². The minimum Gasteiger partial charge on any atom is -0.389 e. The van der Waals surface area contributed by atoms with Gasteiger partial charge >= 0.3 is 0 Å². The molecule has 1 atom stereocenters. The molecule has 1 rings (SSSR count). The zero-order valence-corrected chi connectivity index (χ0v) is 8.03. The summed E-state index contributed by atoms with van der Waals surface area (Å²) in [5.74, 6) is -0.295. The van der Waals surface area contributed by atoms with E-state index >= 15 is 0 Å². The van der Waals surface area contributed by atoms with Crippen LogP contribution in [0.4, 0.5) is 10.1 Å². The van der Waals surface area contributed by atoms with Gasteiger partial charge in [0.15, 0.2) is 0 Å². The van der Waals surface area contributed by atoms with Crippen molar-refractivity contribution in [2.45, 2.75) is 6.10 Å². The molecular formula is C10H14FNO2. The van der Waals surface area contributed by atoms with Crippen LogP contribution < -0.4 is 5.32 Å². The van der Waals surface area contributed by atoms with Crippen LogP contribution in [-0.4, -0.2) is 31.5 Å². The third-order valence-electron chi connectivity index (χ3n) is 1.73. The molecule has 0 spiro atoms. The van der Waals surface area contributed by atoms with E-state index in [4.69, 9.17) is 4.74 Å².